The zero-order valence-electron chi connectivity index (χ0n) is 11.0. The van der Waals surface area contributed by atoms with Gasteiger partial charge in [-0.25, -0.2) is 4.98 Å². The van der Waals surface area contributed by atoms with Crippen molar-refractivity contribution < 1.29 is 4.79 Å². The molecule has 0 saturated carbocycles. The zero-order chi connectivity index (χ0) is 14.1. The van der Waals surface area contributed by atoms with Gasteiger partial charge in [0.05, 0.1) is 23.0 Å². The highest BCUT2D eigenvalue weighted by molar-refractivity contribution is 7.12. The first-order valence-corrected chi connectivity index (χ1v) is 7.25. The lowest BCUT2D eigenvalue weighted by atomic mass is 10.1. The second kappa shape index (κ2) is 5.15. The maximum absolute atomic E-state index is 12.5. The van der Waals surface area contributed by atoms with Crippen molar-refractivity contribution in [2.75, 3.05) is 0 Å². The van der Waals surface area contributed by atoms with Crippen LogP contribution in [0.1, 0.15) is 40.4 Å². The molecule has 0 aliphatic carbocycles. The molecule has 0 aliphatic heterocycles. The number of hydrogen-bond acceptors (Lipinski definition) is 5. The Labute approximate surface area is 119 Å². The third-order valence-corrected chi connectivity index (χ3v) is 4.12. The molecule has 0 saturated heterocycles. The SMILES string of the molecule is CCC(N)c1csc(C(=O)c2c[nH]c3cnccc23)n1. The van der Waals surface area contributed by atoms with Crippen LogP contribution in [0.25, 0.3) is 10.9 Å². The standard InChI is InChI=1S/C14H14N4OS/c1-2-10(15)12-7-20-14(18-12)13(19)9-5-17-11-6-16-4-3-8(9)11/h3-7,10,17H,2,15H2,1H3. The normalized spacial score (nSPS) is 12.7. The van der Waals surface area contributed by atoms with Crippen LogP contribution in [0.15, 0.2) is 30.0 Å². The number of nitrogens with two attached hydrogens (primary N) is 1. The number of nitrogens with one attached hydrogen (secondary N) is 1. The number of hydrogen-bond donors (Lipinski definition) is 2. The summed E-state index contributed by atoms with van der Waals surface area (Å²) < 4.78 is 0. The van der Waals surface area contributed by atoms with Crippen molar-refractivity contribution in [2.45, 2.75) is 19.4 Å². The number of H-pyrrole nitrogens is 1. The molecule has 3 N–H and O–H groups in total. The van der Waals surface area contributed by atoms with Crippen LogP contribution in [0, 0.1) is 0 Å². The van der Waals surface area contributed by atoms with Crippen LogP contribution in [0.3, 0.4) is 0 Å². The van der Waals surface area contributed by atoms with Gasteiger partial charge in [0.25, 0.3) is 0 Å². The van der Waals surface area contributed by atoms with E-state index in [4.69, 9.17) is 5.73 Å². The largest absolute Gasteiger partial charge is 0.359 e. The molecule has 0 amide bonds. The van der Waals surface area contributed by atoms with Gasteiger partial charge in [-0.15, -0.1) is 11.3 Å². The molecule has 0 fully saturated rings. The van der Waals surface area contributed by atoms with E-state index in [1.165, 1.54) is 11.3 Å². The van der Waals surface area contributed by atoms with Crippen molar-refractivity contribution in [3.8, 4) is 0 Å². The van der Waals surface area contributed by atoms with Gasteiger partial charge in [-0.2, -0.15) is 0 Å². The molecule has 3 aromatic rings. The average Bonchev–Trinajstić information content (AvgIpc) is 3.12. The Kier molecular flexibility index (Phi) is 3.33. The monoisotopic (exact) mass is 286 g/mol. The van der Waals surface area contributed by atoms with Gasteiger partial charge in [0.1, 0.15) is 0 Å². The van der Waals surface area contributed by atoms with E-state index in [-0.39, 0.29) is 11.8 Å². The fourth-order valence-electron chi connectivity index (χ4n) is 2.04. The van der Waals surface area contributed by atoms with E-state index in [1.54, 1.807) is 18.6 Å². The summed E-state index contributed by atoms with van der Waals surface area (Å²) in [4.78, 5) is 23.9. The Morgan fingerprint density at radius 1 is 1.55 bits per heavy atom. The maximum atomic E-state index is 12.5. The average molecular weight is 286 g/mol. The lowest BCUT2D eigenvalue weighted by molar-refractivity contribution is 0.103. The van der Waals surface area contributed by atoms with E-state index in [2.05, 4.69) is 15.0 Å². The highest BCUT2D eigenvalue weighted by Crippen LogP contribution is 2.23. The molecule has 0 aromatic carbocycles. The Morgan fingerprint density at radius 3 is 3.20 bits per heavy atom. The number of nitrogens with zero attached hydrogens (tertiary/aromatic N) is 2. The summed E-state index contributed by atoms with van der Waals surface area (Å²) in [6, 6.07) is 1.71. The number of ketones is 1. The van der Waals surface area contributed by atoms with E-state index >= 15 is 0 Å². The summed E-state index contributed by atoms with van der Waals surface area (Å²) in [5.41, 5.74) is 8.18. The second-order valence-electron chi connectivity index (χ2n) is 4.54. The third kappa shape index (κ3) is 2.13. The Balaban J connectivity index is 1.98. The van der Waals surface area contributed by atoms with Gasteiger partial charge in [0, 0.05) is 29.2 Å². The number of aromatic amines is 1. The Hall–Kier alpha value is -2.05. The van der Waals surface area contributed by atoms with Crippen LogP contribution in [0.5, 0.6) is 0 Å². The molecule has 6 heteroatoms. The molecule has 3 aromatic heterocycles. The topological polar surface area (TPSA) is 84.7 Å². The molecular formula is C14H14N4OS. The molecule has 1 atom stereocenters. The molecule has 0 radical (unpaired) electrons. The van der Waals surface area contributed by atoms with Crippen LogP contribution >= 0.6 is 11.3 Å². The maximum Gasteiger partial charge on any atom is 0.223 e. The Morgan fingerprint density at radius 2 is 2.40 bits per heavy atom. The molecule has 0 bridgehead atoms. The number of carbonyl (C=O) groups is 1. The predicted octanol–water partition coefficient (Wildman–Crippen LogP) is 2.66. The van der Waals surface area contributed by atoms with E-state index in [9.17, 15) is 4.79 Å². The van der Waals surface area contributed by atoms with Crippen molar-refractivity contribution in [3.63, 3.8) is 0 Å². The summed E-state index contributed by atoms with van der Waals surface area (Å²) in [5.74, 6) is -0.0815. The molecule has 0 aliphatic rings. The number of carbonyl (C=O) groups excluding carboxylic acids is 1. The minimum absolute atomic E-state index is 0.0815. The fourth-order valence-corrected chi connectivity index (χ4v) is 2.88. The van der Waals surface area contributed by atoms with E-state index in [0.29, 0.717) is 10.6 Å². The summed E-state index contributed by atoms with van der Waals surface area (Å²) in [7, 11) is 0. The molecule has 0 spiro atoms. The van der Waals surface area contributed by atoms with Gasteiger partial charge < -0.3 is 10.7 Å². The van der Waals surface area contributed by atoms with Gasteiger partial charge in [-0.05, 0) is 12.5 Å². The molecule has 3 heterocycles. The minimum Gasteiger partial charge on any atom is -0.359 e. The van der Waals surface area contributed by atoms with Gasteiger partial charge in [0.15, 0.2) is 5.01 Å². The van der Waals surface area contributed by atoms with Crippen LogP contribution in [0.2, 0.25) is 0 Å². The number of thiazole rings is 1. The van der Waals surface area contributed by atoms with Crippen LogP contribution in [-0.4, -0.2) is 20.7 Å². The van der Waals surface area contributed by atoms with E-state index < -0.39 is 0 Å². The number of rotatable bonds is 4. The van der Waals surface area contributed by atoms with Crippen LogP contribution < -0.4 is 5.73 Å². The third-order valence-electron chi connectivity index (χ3n) is 3.26. The van der Waals surface area contributed by atoms with Gasteiger partial charge in [0.2, 0.25) is 5.78 Å². The molecule has 1 unspecified atom stereocenters. The van der Waals surface area contributed by atoms with Crippen LogP contribution in [-0.2, 0) is 0 Å². The lowest BCUT2D eigenvalue weighted by Crippen LogP contribution is -2.09. The van der Waals surface area contributed by atoms with E-state index in [1.807, 2.05) is 18.4 Å². The van der Waals surface area contributed by atoms with E-state index in [0.717, 1.165) is 23.0 Å². The molecule has 5 nitrogen and oxygen atoms in total. The van der Waals surface area contributed by atoms with Crippen molar-refractivity contribution in [1.29, 1.82) is 0 Å². The van der Waals surface area contributed by atoms with Crippen molar-refractivity contribution in [1.82, 2.24) is 15.0 Å². The van der Waals surface area contributed by atoms with Crippen molar-refractivity contribution in [3.05, 3.63) is 46.3 Å². The van der Waals surface area contributed by atoms with Gasteiger partial charge >= 0.3 is 0 Å². The number of aromatic nitrogens is 3. The first-order valence-electron chi connectivity index (χ1n) is 6.37. The van der Waals surface area contributed by atoms with Crippen molar-refractivity contribution in [2.24, 2.45) is 5.73 Å². The Bertz CT molecular complexity index is 761. The highest BCUT2D eigenvalue weighted by atomic mass is 32.1. The summed E-state index contributed by atoms with van der Waals surface area (Å²) in [6.07, 6.45) is 5.88. The lowest BCUT2D eigenvalue weighted by Gasteiger charge is -2.02. The molecule has 20 heavy (non-hydrogen) atoms. The molecule has 3 rings (SSSR count). The summed E-state index contributed by atoms with van der Waals surface area (Å²) in [6.45, 7) is 2.00. The van der Waals surface area contributed by atoms with Crippen molar-refractivity contribution >= 4 is 28.0 Å². The number of fused-ring (bicyclic) bond motifs is 1. The minimum atomic E-state index is -0.111. The van der Waals surface area contributed by atoms with Gasteiger partial charge in [-0.1, -0.05) is 6.92 Å². The van der Waals surface area contributed by atoms with Crippen LogP contribution in [0.4, 0.5) is 0 Å². The fraction of sp³-hybridized carbons (Fsp3) is 0.214. The first-order chi connectivity index (χ1) is 9.70. The number of pyridine rings is 1. The zero-order valence-corrected chi connectivity index (χ0v) is 11.8. The molecular weight excluding hydrogens is 272 g/mol. The predicted molar refractivity (Wildman–Crippen MR) is 78.9 cm³/mol. The van der Waals surface area contributed by atoms with Gasteiger partial charge in [-0.3, -0.25) is 9.78 Å². The quantitative estimate of drug-likeness (QED) is 0.722. The summed E-state index contributed by atoms with van der Waals surface area (Å²) >= 11 is 1.34. The summed E-state index contributed by atoms with van der Waals surface area (Å²) in [5, 5.41) is 3.20. The smallest absolute Gasteiger partial charge is 0.223 e. The highest BCUT2D eigenvalue weighted by Gasteiger charge is 2.18. The second-order valence-corrected chi connectivity index (χ2v) is 5.40. The first kappa shape index (κ1) is 13.0. The molecule has 102 valence electrons.